The highest BCUT2D eigenvalue weighted by Crippen LogP contribution is 2.26. The molecule has 21 nitrogen and oxygen atoms in total. The molecular formula is C69H56Cl3F4N15O6. The van der Waals surface area contributed by atoms with Crippen molar-refractivity contribution in [1.29, 1.82) is 16.2 Å². The second kappa shape index (κ2) is 31.2. The fourth-order valence-corrected chi connectivity index (χ4v) is 9.87. The average molecular weight is 1370 g/mol. The summed E-state index contributed by atoms with van der Waals surface area (Å²) in [4.78, 5) is 93.7. The number of nitrogens with one attached hydrogen (secondary N) is 9. The number of hydrogen-bond donors (Lipinski definition) is 9. The van der Waals surface area contributed by atoms with Crippen LogP contribution in [0, 0.1) is 39.5 Å². The van der Waals surface area contributed by atoms with Gasteiger partial charge < -0.3 is 46.6 Å². The van der Waals surface area contributed by atoms with E-state index in [4.69, 9.17) is 51.0 Å². The smallest absolute Gasteiger partial charge is 0.259 e. The molecule has 0 unspecified atom stereocenters. The summed E-state index contributed by atoms with van der Waals surface area (Å²) in [5.74, 6) is -5.12. The Morgan fingerprint density at radius 3 is 1.03 bits per heavy atom. The van der Waals surface area contributed by atoms with Crippen LogP contribution in [0.4, 0.5) is 52.1 Å². The van der Waals surface area contributed by atoms with Crippen molar-refractivity contribution in [3.63, 3.8) is 0 Å². The third-order valence-corrected chi connectivity index (χ3v) is 15.9. The minimum absolute atomic E-state index is 0.00957. The number of pyridine rings is 3. The molecule has 9 aromatic rings. The maximum Gasteiger partial charge on any atom is 0.259 e. The number of rotatable bonds is 15. The molecule has 12 rings (SSSR count). The zero-order valence-corrected chi connectivity index (χ0v) is 53.2. The maximum absolute atomic E-state index is 14.7. The standard InChI is InChI=1S/C23H18ClF2N5O2.2C23H19ClFN5O2/c24-14-3-7-20(28-12-14)30-23(33)17-11-15(25)4-6-19(17)29-22(32)16-5-2-13(10-18(16)26)21(27)31-8-1-9-31;24-16-6-9-20(27-13-16)29-23(32)18-12-17(25)7-8-19(18)28-22(31)15-4-2-14(3-5-15)21(26)30-10-1-11-30;24-15-7-9-20(27-13-15)29-23(32)17-4-1-2-5-19(17)28-22(31)16-8-6-14(12-18(16)25)21(26)30-10-3-11-30/h2-7,10-12,27H,1,8-9H2,(H,29,32)(H,28,30,33);2-9,12-13,26H,1,10-11H2,(H,28,31)(H,27,29,32);1-2,4-9,12-13,26H,3,10-11H2,(H,28,31)(H,27,29,32). The molecule has 0 bridgehead atoms. The summed E-state index contributed by atoms with van der Waals surface area (Å²) >= 11 is 17.4. The summed E-state index contributed by atoms with van der Waals surface area (Å²) in [5, 5.41) is 41.0. The largest absolute Gasteiger partial charge is 0.356 e. The van der Waals surface area contributed by atoms with E-state index in [9.17, 15) is 46.3 Å². The van der Waals surface area contributed by atoms with E-state index in [2.05, 4.69) is 46.9 Å². The number of benzene rings is 6. The van der Waals surface area contributed by atoms with Crippen LogP contribution in [-0.2, 0) is 0 Å². The molecule has 0 radical (unpaired) electrons. The summed E-state index contributed by atoms with van der Waals surface area (Å²) in [5.41, 5.74) is 1.72. The van der Waals surface area contributed by atoms with Crippen LogP contribution in [0.3, 0.4) is 0 Å². The molecule has 6 heterocycles. The Morgan fingerprint density at radius 1 is 0.340 bits per heavy atom. The molecule has 3 fully saturated rings. The van der Waals surface area contributed by atoms with Crippen LogP contribution in [0.5, 0.6) is 0 Å². The van der Waals surface area contributed by atoms with Crippen LogP contribution < -0.4 is 31.9 Å². The van der Waals surface area contributed by atoms with E-state index in [1.165, 1.54) is 79.3 Å². The van der Waals surface area contributed by atoms with Gasteiger partial charge in [0.25, 0.3) is 35.4 Å². The minimum atomic E-state index is -0.820. The van der Waals surface area contributed by atoms with Crippen LogP contribution >= 0.6 is 34.8 Å². The SMILES string of the molecule is N=C(c1ccc(C(=O)Nc2ccc(F)cc2C(=O)Nc2ccc(Cl)cn2)c(F)c1)N1CCC1.N=C(c1ccc(C(=O)Nc2ccc(F)cc2C(=O)Nc2ccc(Cl)cn2)cc1)N1CCC1.N=C(c1ccc(C(=O)Nc2ccccc2C(=O)Nc2ccc(Cl)cn2)c(F)c1)N1CCC1. The van der Waals surface area contributed by atoms with Crippen molar-refractivity contribution in [2.24, 2.45) is 0 Å². The van der Waals surface area contributed by atoms with E-state index >= 15 is 0 Å². The number of hydrogen-bond acceptors (Lipinski definition) is 12. The molecule has 492 valence electrons. The van der Waals surface area contributed by atoms with Crippen molar-refractivity contribution in [1.82, 2.24) is 29.7 Å². The molecule has 0 saturated carbocycles. The second-order valence-corrected chi connectivity index (χ2v) is 23.1. The highest BCUT2D eigenvalue weighted by molar-refractivity contribution is 6.31. The van der Waals surface area contributed by atoms with Gasteiger partial charge in [-0.25, -0.2) is 32.5 Å². The van der Waals surface area contributed by atoms with Crippen molar-refractivity contribution >= 4 is 122 Å². The van der Waals surface area contributed by atoms with E-state index in [1.54, 1.807) is 71.6 Å². The van der Waals surface area contributed by atoms with Gasteiger partial charge in [-0.05, 0) is 141 Å². The van der Waals surface area contributed by atoms with Crippen molar-refractivity contribution in [3.8, 4) is 0 Å². The van der Waals surface area contributed by atoms with Crippen LogP contribution in [0.2, 0.25) is 15.1 Å². The molecule has 97 heavy (non-hydrogen) atoms. The Morgan fingerprint density at radius 2 is 0.670 bits per heavy atom. The molecule has 3 aliphatic heterocycles. The lowest BCUT2D eigenvalue weighted by Crippen LogP contribution is -2.42. The van der Waals surface area contributed by atoms with Gasteiger partial charge in [0.2, 0.25) is 0 Å². The number of likely N-dealkylation sites (tertiary alicyclic amines) is 3. The molecule has 3 aliphatic rings. The van der Waals surface area contributed by atoms with Gasteiger partial charge in [0.05, 0.1) is 59.9 Å². The first kappa shape index (κ1) is 68.4. The number of amidine groups is 3. The highest BCUT2D eigenvalue weighted by Gasteiger charge is 2.26. The predicted octanol–water partition coefficient (Wildman–Crippen LogP) is 13.4. The molecule has 9 N–H and O–H groups in total. The topological polar surface area (TPSA) is 295 Å². The third kappa shape index (κ3) is 17.5. The predicted molar refractivity (Wildman–Crippen MR) is 363 cm³/mol. The highest BCUT2D eigenvalue weighted by atomic mass is 35.5. The van der Waals surface area contributed by atoms with E-state index < -0.39 is 58.7 Å². The summed E-state index contributed by atoms with van der Waals surface area (Å²) in [6, 6.07) is 36.9. The van der Waals surface area contributed by atoms with Crippen molar-refractivity contribution in [2.45, 2.75) is 19.3 Å². The normalized spacial score (nSPS) is 12.6. The van der Waals surface area contributed by atoms with E-state index in [0.717, 1.165) is 94.4 Å². The van der Waals surface area contributed by atoms with E-state index in [0.29, 0.717) is 43.4 Å². The van der Waals surface area contributed by atoms with Gasteiger partial charge in [0, 0.05) is 80.1 Å². The Hall–Kier alpha value is -11.4. The lowest BCUT2D eigenvalue weighted by molar-refractivity contribution is 0.100. The summed E-state index contributed by atoms with van der Waals surface area (Å²) < 4.78 is 57.0. The Labute approximate surface area is 566 Å². The first-order valence-electron chi connectivity index (χ1n) is 29.8. The average Bonchev–Trinajstić information content (AvgIpc) is 0.836. The van der Waals surface area contributed by atoms with Gasteiger partial charge in [-0.1, -0.05) is 71.2 Å². The van der Waals surface area contributed by atoms with Gasteiger partial charge in [0.1, 0.15) is 58.2 Å². The number of amides is 6. The van der Waals surface area contributed by atoms with E-state index in [-0.39, 0.29) is 68.2 Å². The molecule has 3 saturated heterocycles. The third-order valence-electron chi connectivity index (χ3n) is 15.2. The molecule has 0 aliphatic carbocycles. The van der Waals surface area contributed by atoms with Crippen LogP contribution in [-0.4, -0.2) is 122 Å². The zero-order valence-electron chi connectivity index (χ0n) is 50.9. The minimum Gasteiger partial charge on any atom is -0.356 e. The number of aromatic nitrogens is 3. The van der Waals surface area contributed by atoms with Crippen molar-refractivity contribution in [3.05, 3.63) is 265 Å². The molecule has 3 aromatic heterocycles. The quantitative estimate of drug-likeness (QED) is 0.0263. The van der Waals surface area contributed by atoms with Crippen molar-refractivity contribution in [2.75, 3.05) is 71.2 Å². The lowest BCUT2D eigenvalue weighted by Gasteiger charge is -2.33. The second-order valence-electron chi connectivity index (χ2n) is 21.8. The molecule has 6 aromatic carbocycles. The van der Waals surface area contributed by atoms with Gasteiger partial charge in [-0.3, -0.25) is 45.0 Å². The van der Waals surface area contributed by atoms with Gasteiger partial charge in [-0.2, -0.15) is 0 Å². The molecule has 6 amide bonds. The van der Waals surface area contributed by atoms with Crippen LogP contribution in [0.15, 0.2) is 176 Å². The van der Waals surface area contributed by atoms with Gasteiger partial charge >= 0.3 is 0 Å². The first-order chi connectivity index (χ1) is 46.6. The molecule has 28 heteroatoms. The fourth-order valence-electron chi connectivity index (χ4n) is 9.53. The molecule has 0 spiro atoms. The number of para-hydroxylation sites is 1. The Kier molecular flexibility index (Phi) is 22.0. The molecule has 0 atom stereocenters. The van der Waals surface area contributed by atoms with Gasteiger partial charge in [0.15, 0.2) is 0 Å². The number of carbonyl (C=O) groups is 6. The fraction of sp³-hybridized carbons (Fsp3) is 0.130. The number of carbonyl (C=O) groups excluding carboxylic acids is 6. The summed E-state index contributed by atoms with van der Waals surface area (Å²) in [6.07, 6.45) is 7.17. The monoisotopic (exact) mass is 1370 g/mol. The summed E-state index contributed by atoms with van der Waals surface area (Å²) in [7, 11) is 0. The number of nitrogens with zero attached hydrogens (tertiary/aromatic N) is 6. The van der Waals surface area contributed by atoms with Gasteiger partial charge in [-0.15, -0.1) is 0 Å². The first-order valence-corrected chi connectivity index (χ1v) is 30.9. The number of halogens is 7. The van der Waals surface area contributed by atoms with Crippen LogP contribution in [0.1, 0.15) is 98.1 Å². The van der Waals surface area contributed by atoms with Crippen LogP contribution in [0.25, 0.3) is 0 Å². The zero-order chi connectivity index (χ0) is 68.9. The molecular weight excluding hydrogens is 1320 g/mol. The van der Waals surface area contributed by atoms with E-state index in [1.807, 2.05) is 9.80 Å². The maximum atomic E-state index is 14.7. The summed E-state index contributed by atoms with van der Waals surface area (Å²) in [6.45, 7) is 4.75. The Bertz CT molecular complexity index is 4530. The van der Waals surface area contributed by atoms with Crippen molar-refractivity contribution < 1.29 is 46.3 Å². The number of anilines is 6. The Balaban J connectivity index is 0.000000158. The lowest BCUT2D eigenvalue weighted by atomic mass is 10.1.